The number of guanidine groups is 1. The van der Waals surface area contributed by atoms with Crippen LogP contribution in [0.3, 0.4) is 0 Å². The van der Waals surface area contributed by atoms with Gasteiger partial charge in [-0.3, -0.25) is 9.79 Å². The van der Waals surface area contributed by atoms with Gasteiger partial charge in [0.15, 0.2) is 5.96 Å². The maximum absolute atomic E-state index is 11.7. The zero-order chi connectivity index (χ0) is 15.9. The zero-order valence-electron chi connectivity index (χ0n) is 13.8. The number of aryl methyl sites for hydroxylation is 1. The quantitative estimate of drug-likeness (QED) is 0.357. The molecule has 0 radical (unpaired) electrons. The maximum atomic E-state index is 11.7. The van der Waals surface area contributed by atoms with Crippen molar-refractivity contribution in [3.05, 3.63) is 16.1 Å². The minimum absolute atomic E-state index is 0. The van der Waals surface area contributed by atoms with Crippen molar-refractivity contribution in [3.8, 4) is 0 Å². The van der Waals surface area contributed by atoms with Gasteiger partial charge in [0.25, 0.3) is 0 Å². The molecule has 0 unspecified atom stereocenters. The molecule has 0 saturated heterocycles. The van der Waals surface area contributed by atoms with Crippen LogP contribution in [0.4, 0.5) is 0 Å². The van der Waals surface area contributed by atoms with Crippen molar-refractivity contribution in [2.24, 2.45) is 10.4 Å². The summed E-state index contributed by atoms with van der Waals surface area (Å²) in [6.45, 7) is 7.11. The lowest BCUT2D eigenvalue weighted by atomic mass is 9.92. The Labute approximate surface area is 153 Å². The molecule has 1 amide bonds. The number of halogens is 1. The van der Waals surface area contributed by atoms with Crippen LogP contribution < -0.4 is 16.0 Å². The molecule has 0 aromatic carbocycles. The summed E-state index contributed by atoms with van der Waals surface area (Å²) in [5, 5.41) is 10.2. The highest BCUT2D eigenvalue weighted by Gasteiger charge is 2.26. The van der Waals surface area contributed by atoms with E-state index in [1.165, 1.54) is 4.88 Å². The smallest absolute Gasteiger partial charge is 0.227 e. The molecular formula is C14H26IN5OS. The van der Waals surface area contributed by atoms with E-state index in [1.54, 1.807) is 25.4 Å². The van der Waals surface area contributed by atoms with E-state index in [4.69, 9.17) is 0 Å². The Kier molecular flexibility index (Phi) is 9.58. The summed E-state index contributed by atoms with van der Waals surface area (Å²) in [7, 11) is 3.36. The zero-order valence-corrected chi connectivity index (χ0v) is 17.0. The fraction of sp³-hybridized carbons (Fsp3) is 0.643. The van der Waals surface area contributed by atoms with Crippen LogP contribution in [0.15, 0.2) is 11.2 Å². The number of carbonyl (C=O) groups is 1. The van der Waals surface area contributed by atoms with E-state index in [9.17, 15) is 4.79 Å². The van der Waals surface area contributed by atoms with E-state index in [2.05, 4.69) is 32.9 Å². The van der Waals surface area contributed by atoms with Gasteiger partial charge in [-0.15, -0.1) is 35.3 Å². The normalized spacial score (nSPS) is 11.6. The Morgan fingerprint density at radius 2 is 2.09 bits per heavy atom. The maximum Gasteiger partial charge on any atom is 0.227 e. The number of aromatic nitrogens is 1. The molecular weight excluding hydrogens is 413 g/mol. The molecule has 1 aromatic heterocycles. The number of hydrogen-bond donors (Lipinski definition) is 3. The molecule has 8 heteroatoms. The highest BCUT2D eigenvalue weighted by atomic mass is 127. The van der Waals surface area contributed by atoms with Crippen LogP contribution in [0.5, 0.6) is 0 Å². The summed E-state index contributed by atoms with van der Waals surface area (Å²) in [4.78, 5) is 21.4. The predicted molar refractivity (Wildman–Crippen MR) is 103 cm³/mol. The van der Waals surface area contributed by atoms with E-state index >= 15 is 0 Å². The first kappa shape index (κ1) is 21.1. The van der Waals surface area contributed by atoms with Crippen LogP contribution in [0.2, 0.25) is 0 Å². The highest BCUT2D eigenvalue weighted by molar-refractivity contribution is 14.0. The molecule has 0 saturated carbocycles. The van der Waals surface area contributed by atoms with Gasteiger partial charge >= 0.3 is 0 Å². The van der Waals surface area contributed by atoms with Gasteiger partial charge in [-0.05, 0) is 20.8 Å². The van der Waals surface area contributed by atoms with Crippen molar-refractivity contribution in [1.29, 1.82) is 0 Å². The molecule has 22 heavy (non-hydrogen) atoms. The Balaban J connectivity index is 0.00000441. The number of aliphatic imine (C=N–C) groups is 1. The van der Waals surface area contributed by atoms with Crippen molar-refractivity contribution in [2.45, 2.75) is 27.2 Å². The largest absolute Gasteiger partial charge is 0.359 e. The van der Waals surface area contributed by atoms with E-state index in [1.807, 2.05) is 20.0 Å². The second-order valence-electron chi connectivity index (χ2n) is 5.43. The first-order chi connectivity index (χ1) is 9.89. The number of amides is 1. The molecule has 0 bridgehead atoms. The average Bonchev–Trinajstić information content (AvgIpc) is 2.87. The number of nitrogens with one attached hydrogen (secondary N) is 3. The average molecular weight is 439 g/mol. The van der Waals surface area contributed by atoms with Crippen LogP contribution in [0.1, 0.15) is 23.7 Å². The minimum Gasteiger partial charge on any atom is -0.359 e. The third kappa shape index (κ3) is 6.91. The molecule has 0 atom stereocenters. The lowest BCUT2D eigenvalue weighted by Gasteiger charge is -2.24. The monoisotopic (exact) mass is 439 g/mol. The predicted octanol–water partition coefficient (Wildman–Crippen LogP) is 1.55. The topological polar surface area (TPSA) is 78.4 Å². The van der Waals surface area contributed by atoms with Gasteiger partial charge in [0, 0.05) is 44.7 Å². The Morgan fingerprint density at radius 1 is 1.41 bits per heavy atom. The Morgan fingerprint density at radius 3 is 2.59 bits per heavy atom. The van der Waals surface area contributed by atoms with Crippen molar-refractivity contribution >= 4 is 47.2 Å². The SMILES string of the molecule is CN=C(NCCc1ncc(C)s1)NCC(C)(C)C(=O)NC.I. The standard InChI is InChI=1S/C14H25N5OS.HI/c1-10-8-18-11(21-10)6-7-17-13(16-5)19-9-14(2,3)12(20)15-4;/h8H,6-7,9H2,1-5H3,(H,15,20)(H2,16,17,19);1H. The third-order valence-electron chi connectivity index (χ3n) is 3.06. The molecule has 0 aliphatic carbocycles. The van der Waals surface area contributed by atoms with Crippen LogP contribution in [-0.2, 0) is 11.2 Å². The van der Waals surface area contributed by atoms with E-state index in [-0.39, 0.29) is 29.9 Å². The summed E-state index contributed by atoms with van der Waals surface area (Å²) >= 11 is 1.71. The summed E-state index contributed by atoms with van der Waals surface area (Å²) in [5.41, 5.74) is -0.487. The van der Waals surface area contributed by atoms with Gasteiger partial charge < -0.3 is 16.0 Å². The third-order valence-corrected chi connectivity index (χ3v) is 4.04. The van der Waals surface area contributed by atoms with Crippen LogP contribution >= 0.6 is 35.3 Å². The lowest BCUT2D eigenvalue weighted by molar-refractivity contribution is -0.128. The second kappa shape index (κ2) is 9.98. The van der Waals surface area contributed by atoms with Gasteiger partial charge in [-0.2, -0.15) is 0 Å². The van der Waals surface area contributed by atoms with E-state index in [0.717, 1.165) is 18.0 Å². The lowest BCUT2D eigenvalue weighted by Crippen LogP contribution is -2.47. The summed E-state index contributed by atoms with van der Waals surface area (Å²) in [6, 6.07) is 0. The fourth-order valence-corrected chi connectivity index (χ4v) is 2.54. The molecule has 1 aromatic rings. The second-order valence-corrected chi connectivity index (χ2v) is 6.75. The molecule has 0 aliphatic rings. The van der Waals surface area contributed by atoms with Gasteiger partial charge in [-0.1, -0.05) is 0 Å². The first-order valence-electron chi connectivity index (χ1n) is 6.97. The van der Waals surface area contributed by atoms with Crippen molar-refractivity contribution in [3.63, 3.8) is 0 Å². The Hall–Kier alpha value is -0.900. The van der Waals surface area contributed by atoms with Crippen LogP contribution in [-0.4, -0.2) is 44.0 Å². The summed E-state index contributed by atoms with van der Waals surface area (Å²) in [5.74, 6) is 0.698. The highest BCUT2D eigenvalue weighted by Crippen LogP contribution is 2.13. The van der Waals surface area contributed by atoms with Gasteiger partial charge in [0.2, 0.25) is 5.91 Å². The number of hydrogen-bond acceptors (Lipinski definition) is 4. The molecule has 1 rings (SSSR count). The van der Waals surface area contributed by atoms with Gasteiger partial charge in [0.1, 0.15) is 0 Å². The molecule has 0 spiro atoms. The number of nitrogens with zero attached hydrogens (tertiary/aromatic N) is 2. The first-order valence-corrected chi connectivity index (χ1v) is 7.78. The summed E-state index contributed by atoms with van der Waals surface area (Å²) in [6.07, 6.45) is 2.75. The number of thiazole rings is 1. The van der Waals surface area contributed by atoms with E-state index in [0.29, 0.717) is 12.5 Å². The van der Waals surface area contributed by atoms with Crippen molar-refractivity contribution in [2.75, 3.05) is 27.2 Å². The van der Waals surface area contributed by atoms with Crippen molar-refractivity contribution < 1.29 is 4.79 Å². The molecule has 1 heterocycles. The van der Waals surface area contributed by atoms with Gasteiger partial charge in [0.05, 0.1) is 10.4 Å². The molecule has 126 valence electrons. The summed E-state index contributed by atoms with van der Waals surface area (Å²) < 4.78 is 0. The van der Waals surface area contributed by atoms with Crippen molar-refractivity contribution in [1.82, 2.24) is 20.9 Å². The van der Waals surface area contributed by atoms with Crippen LogP contribution in [0.25, 0.3) is 0 Å². The van der Waals surface area contributed by atoms with Crippen LogP contribution in [0, 0.1) is 12.3 Å². The van der Waals surface area contributed by atoms with E-state index < -0.39 is 5.41 Å². The molecule has 3 N–H and O–H groups in total. The minimum atomic E-state index is -0.487. The molecule has 0 aliphatic heterocycles. The Bertz CT molecular complexity index is 501. The molecule has 6 nitrogen and oxygen atoms in total. The molecule has 0 fully saturated rings. The fourth-order valence-electron chi connectivity index (χ4n) is 1.75. The number of carbonyl (C=O) groups excluding carboxylic acids is 1. The van der Waals surface area contributed by atoms with Gasteiger partial charge in [-0.25, -0.2) is 4.98 Å². The number of rotatable bonds is 6.